The lowest BCUT2D eigenvalue weighted by molar-refractivity contribution is 0.619. The van der Waals surface area contributed by atoms with Gasteiger partial charge in [0, 0.05) is 10.9 Å². The van der Waals surface area contributed by atoms with Crippen LogP contribution in [0.5, 0.6) is 0 Å². The smallest absolute Gasteiger partial charge is 0.123 e. The summed E-state index contributed by atoms with van der Waals surface area (Å²) in [5, 5.41) is 5.54. The summed E-state index contributed by atoms with van der Waals surface area (Å²) in [5.41, 5.74) is 4.12. The predicted octanol–water partition coefficient (Wildman–Crippen LogP) is 6.55. The molecule has 0 bridgehead atoms. The lowest BCUT2D eigenvalue weighted by atomic mass is 9.92. The first-order chi connectivity index (χ1) is 12.6. The van der Waals surface area contributed by atoms with E-state index < -0.39 is 0 Å². The van der Waals surface area contributed by atoms with Gasteiger partial charge in [0.05, 0.1) is 17.1 Å². The fourth-order valence-corrected chi connectivity index (χ4v) is 3.43. The van der Waals surface area contributed by atoms with E-state index in [4.69, 9.17) is 16.7 Å². The first-order valence-electron chi connectivity index (χ1n) is 9.22. The van der Waals surface area contributed by atoms with Gasteiger partial charge in [0.2, 0.25) is 0 Å². The molecule has 0 saturated heterocycles. The van der Waals surface area contributed by atoms with Gasteiger partial charge in [-0.15, -0.1) is 0 Å². The average molecular weight is 371 g/mol. The zero-order valence-corrected chi connectivity index (χ0v) is 16.0. The Morgan fingerprint density at radius 2 is 1.85 bits per heavy atom. The highest BCUT2D eigenvalue weighted by Crippen LogP contribution is 2.31. The van der Waals surface area contributed by atoms with Crippen molar-refractivity contribution in [2.45, 2.75) is 45.4 Å². The van der Waals surface area contributed by atoms with Crippen molar-refractivity contribution in [1.82, 2.24) is 9.78 Å². The van der Waals surface area contributed by atoms with Crippen LogP contribution in [0.4, 0.5) is 4.39 Å². The number of unbranched alkanes of at least 4 members (excludes halogenated alkanes) is 1. The number of benzene rings is 2. The summed E-state index contributed by atoms with van der Waals surface area (Å²) in [6.07, 6.45) is 4.05. The topological polar surface area (TPSA) is 17.8 Å². The largest absolute Gasteiger partial charge is 0.237 e. The van der Waals surface area contributed by atoms with Crippen molar-refractivity contribution < 1.29 is 4.39 Å². The van der Waals surface area contributed by atoms with Crippen LogP contribution >= 0.6 is 11.6 Å². The molecule has 2 nitrogen and oxygen atoms in total. The van der Waals surface area contributed by atoms with E-state index in [0.29, 0.717) is 5.02 Å². The van der Waals surface area contributed by atoms with Gasteiger partial charge in [-0.05, 0) is 67.3 Å². The average Bonchev–Trinajstić information content (AvgIpc) is 3.05. The molecule has 26 heavy (non-hydrogen) atoms. The van der Waals surface area contributed by atoms with Crippen LogP contribution in [-0.4, -0.2) is 9.78 Å². The van der Waals surface area contributed by atoms with Crippen LogP contribution in [-0.2, 0) is 6.42 Å². The fourth-order valence-electron chi connectivity index (χ4n) is 3.30. The van der Waals surface area contributed by atoms with Crippen LogP contribution < -0.4 is 0 Å². The van der Waals surface area contributed by atoms with E-state index in [2.05, 4.69) is 19.9 Å². The van der Waals surface area contributed by atoms with Crippen LogP contribution in [0.3, 0.4) is 0 Å². The Labute approximate surface area is 159 Å². The van der Waals surface area contributed by atoms with E-state index in [1.54, 1.807) is 12.1 Å². The van der Waals surface area contributed by atoms with Gasteiger partial charge in [0.15, 0.2) is 0 Å². The summed E-state index contributed by atoms with van der Waals surface area (Å²) >= 11 is 6.04. The number of aryl methyl sites for hydroxylation is 1. The van der Waals surface area contributed by atoms with E-state index in [1.165, 1.54) is 6.07 Å². The SMILES string of the molecule is CCCCc1cc(C(CC)c2cccc(F)c2)n(-c2ccc(Cl)cc2)n1. The molecular formula is C22H24ClFN2. The molecule has 4 heteroatoms. The van der Waals surface area contributed by atoms with Crippen LogP contribution in [0.2, 0.25) is 5.02 Å². The number of nitrogens with zero attached hydrogens (tertiary/aromatic N) is 2. The molecule has 0 radical (unpaired) electrons. The van der Waals surface area contributed by atoms with Crippen LogP contribution in [0, 0.1) is 5.82 Å². The maximum Gasteiger partial charge on any atom is 0.123 e. The van der Waals surface area contributed by atoms with E-state index in [1.807, 2.05) is 35.0 Å². The zero-order valence-electron chi connectivity index (χ0n) is 15.3. The summed E-state index contributed by atoms with van der Waals surface area (Å²) < 4.78 is 15.8. The summed E-state index contributed by atoms with van der Waals surface area (Å²) in [4.78, 5) is 0. The Morgan fingerprint density at radius 3 is 2.50 bits per heavy atom. The second-order valence-corrected chi connectivity index (χ2v) is 7.00. The Balaban J connectivity index is 2.07. The Morgan fingerprint density at radius 1 is 1.08 bits per heavy atom. The van der Waals surface area contributed by atoms with Crippen molar-refractivity contribution in [3.05, 3.63) is 82.4 Å². The molecule has 0 N–H and O–H groups in total. The van der Waals surface area contributed by atoms with Crippen molar-refractivity contribution in [1.29, 1.82) is 0 Å². The number of hydrogen-bond acceptors (Lipinski definition) is 1. The molecule has 0 fully saturated rings. The fraction of sp³-hybridized carbons (Fsp3) is 0.318. The molecular weight excluding hydrogens is 347 g/mol. The maximum absolute atomic E-state index is 13.8. The monoisotopic (exact) mass is 370 g/mol. The first kappa shape index (κ1) is 18.7. The first-order valence-corrected chi connectivity index (χ1v) is 9.60. The van der Waals surface area contributed by atoms with Gasteiger partial charge >= 0.3 is 0 Å². The molecule has 0 spiro atoms. The van der Waals surface area contributed by atoms with E-state index >= 15 is 0 Å². The molecule has 1 heterocycles. The van der Waals surface area contributed by atoms with Gasteiger partial charge in [-0.2, -0.15) is 5.10 Å². The molecule has 0 aliphatic rings. The third-order valence-electron chi connectivity index (χ3n) is 4.66. The van der Waals surface area contributed by atoms with Gasteiger partial charge in [-0.25, -0.2) is 9.07 Å². The minimum atomic E-state index is -0.204. The van der Waals surface area contributed by atoms with Gasteiger partial charge in [-0.3, -0.25) is 0 Å². The number of hydrogen-bond donors (Lipinski definition) is 0. The van der Waals surface area contributed by atoms with E-state index in [9.17, 15) is 4.39 Å². The van der Waals surface area contributed by atoms with Crippen molar-refractivity contribution in [3.63, 3.8) is 0 Å². The molecule has 1 aromatic heterocycles. The number of aromatic nitrogens is 2. The van der Waals surface area contributed by atoms with Crippen LogP contribution in [0.25, 0.3) is 5.69 Å². The zero-order chi connectivity index (χ0) is 18.5. The minimum Gasteiger partial charge on any atom is -0.237 e. The summed E-state index contributed by atoms with van der Waals surface area (Å²) in [6, 6.07) is 16.7. The highest BCUT2D eigenvalue weighted by molar-refractivity contribution is 6.30. The normalized spacial score (nSPS) is 12.3. The highest BCUT2D eigenvalue weighted by atomic mass is 35.5. The van der Waals surface area contributed by atoms with Crippen molar-refractivity contribution in [2.24, 2.45) is 0 Å². The van der Waals surface area contributed by atoms with Crippen LogP contribution in [0.1, 0.15) is 56.0 Å². The predicted molar refractivity (Wildman–Crippen MR) is 106 cm³/mol. The van der Waals surface area contributed by atoms with Gasteiger partial charge in [0.1, 0.15) is 5.82 Å². The molecule has 1 unspecified atom stereocenters. The third-order valence-corrected chi connectivity index (χ3v) is 4.91. The lowest BCUT2D eigenvalue weighted by Gasteiger charge is -2.17. The quantitative estimate of drug-likeness (QED) is 0.461. The van der Waals surface area contributed by atoms with Gasteiger partial charge in [-0.1, -0.05) is 44.0 Å². The van der Waals surface area contributed by atoms with Gasteiger partial charge < -0.3 is 0 Å². The van der Waals surface area contributed by atoms with Crippen LogP contribution in [0.15, 0.2) is 54.6 Å². The lowest BCUT2D eigenvalue weighted by Crippen LogP contribution is -2.09. The summed E-state index contributed by atoms with van der Waals surface area (Å²) in [6.45, 7) is 4.30. The second-order valence-electron chi connectivity index (χ2n) is 6.57. The van der Waals surface area contributed by atoms with Gasteiger partial charge in [0.25, 0.3) is 0 Å². The van der Waals surface area contributed by atoms with E-state index in [-0.39, 0.29) is 11.7 Å². The maximum atomic E-state index is 13.8. The van der Waals surface area contributed by atoms with Crippen molar-refractivity contribution in [2.75, 3.05) is 0 Å². The Kier molecular flexibility index (Phi) is 6.10. The number of rotatable bonds is 7. The molecule has 3 rings (SSSR count). The highest BCUT2D eigenvalue weighted by Gasteiger charge is 2.20. The minimum absolute atomic E-state index is 0.0873. The standard InChI is InChI=1S/C22H24ClFN2/c1-3-5-9-19-15-22(21(4-2)16-7-6-8-18(24)14-16)26(25-19)20-12-10-17(23)11-13-20/h6-8,10-15,21H,3-5,9H2,1-2H3. The molecule has 0 aliphatic carbocycles. The molecule has 0 saturated carbocycles. The molecule has 0 amide bonds. The van der Waals surface area contributed by atoms with E-state index in [0.717, 1.165) is 48.3 Å². The third kappa shape index (κ3) is 4.16. The van der Waals surface area contributed by atoms with Crippen molar-refractivity contribution in [3.8, 4) is 5.69 Å². The molecule has 136 valence electrons. The molecule has 1 atom stereocenters. The van der Waals surface area contributed by atoms with Crippen molar-refractivity contribution >= 4 is 11.6 Å². The number of halogens is 2. The Hall–Kier alpha value is -2.13. The Bertz CT molecular complexity index is 855. The molecule has 3 aromatic rings. The summed E-state index contributed by atoms with van der Waals surface area (Å²) in [7, 11) is 0. The molecule has 0 aliphatic heterocycles. The summed E-state index contributed by atoms with van der Waals surface area (Å²) in [5.74, 6) is -0.117. The second kappa shape index (κ2) is 8.50. The molecule has 2 aromatic carbocycles.